The molecule has 0 heterocycles. The SMILES string of the molecule is Cc1cccc(COc2ccccc2[B-](F)(F)F)c1.[K+]. The van der Waals surface area contributed by atoms with Crippen LogP contribution in [0.2, 0.25) is 0 Å². The van der Waals surface area contributed by atoms with Crippen molar-refractivity contribution in [3.8, 4) is 5.75 Å². The third kappa shape index (κ3) is 4.93. The van der Waals surface area contributed by atoms with Crippen LogP contribution in [0.1, 0.15) is 11.1 Å². The van der Waals surface area contributed by atoms with Crippen LogP contribution in [0, 0.1) is 6.92 Å². The van der Waals surface area contributed by atoms with E-state index in [0.717, 1.165) is 17.2 Å². The Morgan fingerprint density at radius 1 is 1.00 bits per heavy atom. The molecule has 2 aromatic carbocycles. The second kappa shape index (κ2) is 7.66. The molecule has 0 amide bonds. The van der Waals surface area contributed by atoms with Crippen LogP contribution in [-0.2, 0) is 6.61 Å². The van der Waals surface area contributed by atoms with Crippen molar-refractivity contribution in [3.63, 3.8) is 0 Å². The van der Waals surface area contributed by atoms with Gasteiger partial charge in [0.2, 0.25) is 0 Å². The Morgan fingerprint density at radius 3 is 2.35 bits per heavy atom. The number of halogens is 3. The summed E-state index contributed by atoms with van der Waals surface area (Å²) in [6.07, 6.45) is 0. The number of hydrogen-bond acceptors (Lipinski definition) is 1. The molecular formula is C14H13BF3KO. The molecule has 0 spiro atoms. The first-order valence-corrected chi connectivity index (χ1v) is 5.94. The maximum atomic E-state index is 12.8. The van der Waals surface area contributed by atoms with Crippen LogP contribution in [0.15, 0.2) is 48.5 Å². The second-order valence-electron chi connectivity index (χ2n) is 4.39. The van der Waals surface area contributed by atoms with Gasteiger partial charge in [0, 0.05) is 0 Å². The fourth-order valence-electron chi connectivity index (χ4n) is 1.85. The monoisotopic (exact) mass is 304 g/mol. The zero-order chi connectivity index (χ0) is 13.9. The largest absolute Gasteiger partial charge is 1.00 e. The van der Waals surface area contributed by atoms with E-state index < -0.39 is 12.4 Å². The minimum atomic E-state index is -5.05. The van der Waals surface area contributed by atoms with Gasteiger partial charge < -0.3 is 17.7 Å². The number of benzene rings is 2. The van der Waals surface area contributed by atoms with Gasteiger partial charge in [-0.15, -0.1) is 0 Å². The van der Waals surface area contributed by atoms with Gasteiger partial charge in [-0.25, -0.2) is 0 Å². The third-order valence-corrected chi connectivity index (χ3v) is 2.75. The van der Waals surface area contributed by atoms with Crippen LogP contribution in [0.5, 0.6) is 5.75 Å². The van der Waals surface area contributed by atoms with E-state index in [1.54, 1.807) is 0 Å². The van der Waals surface area contributed by atoms with Crippen LogP contribution >= 0.6 is 0 Å². The number of aryl methyl sites for hydroxylation is 1. The second-order valence-corrected chi connectivity index (χ2v) is 4.39. The van der Waals surface area contributed by atoms with Gasteiger partial charge in [0.1, 0.15) is 6.61 Å². The fourth-order valence-corrected chi connectivity index (χ4v) is 1.85. The molecule has 0 saturated carbocycles. The average molecular weight is 304 g/mol. The van der Waals surface area contributed by atoms with Crippen LogP contribution in [0.4, 0.5) is 12.9 Å². The molecule has 0 atom stereocenters. The van der Waals surface area contributed by atoms with E-state index >= 15 is 0 Å². The Bertz CT molecular complexity index is 572. The van der Waals surface area contributed by atoms with Crippen molar-refractivity contribution in [1.82, 2.24) is 0 Å². The number of rotatable bonds is 4. The zero-order valence-corrected chi connectivity index (χ0v) is 14.6. The maximum absolute atomic E-state index is 12.8. The molecule has 0 radical (unpaired) electrons. The predicted molar refractivity (Wildman–Crippen MR) is 70.7 cm³/mol. The van der Waals surface area contributed by atoms with Crippen molar-refractivity contribution in [2.45, 2.75) is 13.5 Å². The number of para-hydroxylation sites is 1. The van der Waals surface area contributed by atoms with Gasteiger partial charge in [-0.1, -0.05) is 53.5 Å². The summed E-state index contributed by atoms with van der Waals surface area (Å²) in [5.41, 5.74) is 1.22. The van der Waals surface area contributed by atoms with Gasteiger partial charge in [0.05, 0.1) is 5.75 Å². The van der Waals surface area contributed by atoms with Gasteiger partial charge in [0.25, 0.3) is 0 Å². The van der Waals surface area contributed by atoms with Crippen LogP contribution < -0.4 is 61.6 Å². The van der Waals surface area contributed by atoms with Gasteiger partial charge >= 0.3 is 58.4 Å². The van der Waals surface area contributed by atoms with Crippen molar-refractivity contribution in [2.24, 2.45) is 0 Å². The summed E-state index contributed by atoms with van der Waals surface area (Å²) < 4.78 is 43.8. The first-order chi connectivity index (χ1) is 8.97. The summed E-state index contributed by atoms with van der Waals surface area (Å²) in [4.78, 5) is 0. The van der Waals surface area contributed by atoms with Gasteiger partial charge in [-0.05, 0) is 18.6 Å². The molecular weight excluding hydrogens is 291 g/mol. The summed E-state index contributed by atoms with van der Waals surface area (Å²) in [7, 11) is 0. The first kappa shape index (κ1) is 17.8. The first-order valence-electron chi connectivity index (χ1n) is 5.94. The molecule has 2 rings (SSSR count). The van der Waals surface area contributed by atoms with E-state index in [0.29, 0.717) is 0 Å². The Balaban J connectivity index is 0.00000200. The van der Waals surface area contributed by atoms with Gasteiger partial charge in [0.15, 0.2) is 0 Å². The topological polar surface area (TPSA) is 9.23 Å². The third-order valence-electron chi connectivity index (χ3n) is 2.75. The molecule has 0 fully saturated rings. The Labute approximate surface area is 159 Å². The van der Waals surface area contributed by atoms with E-state index in [2.05, 4.69) is 0 Å². The summed E-state index contributed by atoms with van der Waals surface area (Å²) in [6, 6.07) is 12.8. The van der Waals surface area contributed by atoms with Crippen LogP contribution in [0.25, 0.3) is 0 Å². The van der Waals surface area contributed by atoms with E-state index in [1.807, 2.05) is 31.2 Å². The molecule has 0 saturated heterocycles. The molecule has 0 aromatic heterocycles. The standard InChI is InChI=1S/C14H13BF3O.K/c1-11-5-4-6-12(9-11)10-19-14-8-3-2-7-13(14)15(16,17)18;/h2-9H,10H2,1H3;/q-1;+1. The van der Waals surface area contributed by atoms with Gasteiger partial charge in [-0.3, -0.25) is 0 Å². The molecule has 0 unspecified atom stereocenters. The van der Waals surface area contributed by atoms with Crippen LogP contribution in [0.3, 0.4) is 0 Å². The fraction of sp³-hybridized carbons (Fsp3) is 0.143. The van der Waals surface area contributed by atoms with Crippen molar-refractivity contribution >= 4 is 12.4 Å². The van der Waals surface area contributed by atoms with Crippen LogP contribution in [-0.4, -0.2) is 6.98 Å². The molecule has 100 valence electrons. The van der Waals surface area contributed by atoms with Crippen molar-refractivity contribution in [3.05, 3.63) is 59.7 Å². The Kier molecular flexibility index (Phi) is 6.81. The average Bonchev–Trinajstić information content (AvgIpc) is 2.36. The molecule has 0 N–H and O–H groups in total. The molecule has 0 aliphatic carbocycles. The summed E-state index contributed by atoms with van der Waals surface area (Å²) in [6.45, 7) is -3.00. The summed E-state index contributed by atoms with van der Waals surface area (Å²) in [5.74, 6) is -0.114. The Morgan fingerprint density at radius 2 is 1.70 bits per heavy atom. The zero-order valence-electron chi connectivity index (χ0n) is 11.4. The molecule has 20 heavy (non-hydrogen) atoms. The minimum Gasteiger partial charge on any atom is -0.492 e. The van der Waals surface area contributed by atoms with Crippen molar-refractivity contribution in [1.29, 1.82) is 0 Å². The molecule has 0 aliphatic rings. The molecule has 0 bridgehead atoms. The van der Waals surface area contributed by atoms with E-state index in [4.69, 9.17) is 4.74 Å². The molecule has 1 nitrogen and oxygen atoms in total. The van der Waals surface area contributed by atoms with Crippen molar-refractivity contribution in [2.75, 3.05) is 0 Å². The molecule has 6 heteroatoms. The minimum absolute atomic E-state index is 0. The van der Waals surface area contributed by atoms with E-state index in [-0.39, 0.29) is 63.7 Å². The normalized spacial score (nSPS) is 10.8. The van der Waals surface area contributed by atoms with E-state index in [9.17, 15) is 12.9 Å². The van der Waals surface area contributed by atoms with E-state index in [1.165, 1.54) is 18.2 Å². The molecule has 2 aromatic rings. The van der Waals surface area contributed by atoms with Crippen molar-refractivity contribution < 1.29 is 69.1 Å². The maximum Gasteiger partial charge on any atom is 1.00 e. The van der Waals surface area contributed by atoms with Gasteiger partial charge in [-0.2, -0.15) is 0 Å². The number of ether oxygens (including phenoxy) is 1. The predicted octanol–water partition coefficient (Wildman–Crippen LogP) is 0.632. The summed E-state index contributed by atoms with van der Waals surface area (Å²) >= 11 is 0. The molecule has 0 aliphatic heterocycles. The summed E-state index contributed by atoms with van der Waals surface area (Å²) in [5, 5.41) is 0. The quantitative estimate of drug-likeness (QED) is 0.753. The number of hydrogen-bond donors (Lipinski definition) is 0. The smallest absolute Gasteiger partial charge is 0.492 e. The Hall–Kier alpha value is -0.269.